The molecule has 0 spiro atoms. The molecule has 0 bridgehead atoms. The van der Waals surface area contributed by atoms with Gasteiger partial charge in [0, 0.05) is 5.56 Å². The zero-order valence-electron chi connectivity index (χ0n) is 20.0. The minimum Gasteiger partial charge on any atom is -0.507 e. The number of rotatable bonds is 3. The van der Waals surface area contributed by atoms with Crippen molar-refractivity contribution in [3.8, 4) is 0 Å². The second-order valence-corrected chi connectivity index (χ2v) is 10.9. The van der Waals surface area contributed by atoms with Gasteiger partial charge in [-0.25, -0.2) is 4.98 Å². The third-order valence-electron chi connectivity index (χ3n) is 6.38. The number of Topliss-reactive ketones (excluding diaryl/α,β-unsaturated/α-hetero) is 1. The van der Waals surface area contributed by atoms with Crippen molar-refractivity contribution >= 4 is 67.3 Å². The van der Waals surface area contributed by atoms with Crippen LogP contribution in [0, 0.1) is 27.7 Å². The number of benzene rings is 3. The molecular weight excluding hydrogens is 515 g/mol. The number of ketones is 1. The number of nitrogens with zero attached hydrogens (tertiary/aromatic N) is 2. The van der Waals surface area contributed by atoms with Crippen LogP contribution >= 0.6 is 34.5 Å². The number of aromatic nitrogens is 1. The van der Waals surface area contributed by atoms with Gasteiger partial charge in [0.05, 0.1) is 31.9 Å². The molecule has 5 rings (SSSR count). The van der Waals surface area contributed by atoms with Crippen molar-refractivity contribution in [1.29, 1.82) is 0 Å². The summed E-state index contributed by atoms with van der Waals surface area (Å²) in [7, 11) is 0. The summed E-state index contributed by atoms with van der Waals surface area (Å²) in [6.07, 6.45) is 0. The molecule has 1 unspecified atom stereocenters. The molecule has 0 radical (unpaired) electrons. The number of halogens is 2. The first kappa shape index (κ1) is 24.5. The molecule has 8 heteroatoms. The van der Waals surface area contributed by atoms with E-state index in [1.807, 2.05) is 52.0 Å². The maximum absolute atomic E-state index is 13.5. The number of amides is 1. The van der Waals surface area contributed by atoms with E-state index in [9.17, 15) is 14.7 Å². The molecule has 182 valence electrons. The Hall–Kier alpha value is -3.19. The molecule has 1 aromatic heterocycles. The van der Waals surface area contributed by atoms with Gasteiger partial charge in [0.1, 0.15) is 5.76 Å². The molecule has 4 aromatic rings. The van der Waals surface area contributed by atoms with Crippen molar-refractivity contribution in [2.24, 2.45) is 0 Å². The molecule has 0 saturated carbocycles. The number of aryl methyl sites for hydroxylation is 4. The van der Waals surface area contributed by atoms with Gasteiger partial charge in [0.2, 0.25) is 0 Å². The van der Waals surface area contributed by atoms with Gasteiger partial charge in [0.15, 0.2) is 5.13 Å². The molecule has 2 heterocycles. The zero-order valence-corrected chi connectivity index (χ0v) is 22.3. The number of fused-ring (bicyclic) bond motifs is 1. The first-order chi connectivity index (χ1) is 17.1. The average Bonchev–Trinajstić information content (AvgIpc) is 3.35. The second kappa shape index (κ2) is 9.04. The Labute approximate surface area is 222 Å². The van der Waals surface area contributed by atoms with E-state index in [1.165, 1.54) is 16.2 Å². The number of hydrogen-bond donors (Lipinski definition) is 1. The van der Waals surface area contributed by atoms with E-state index in [0.717, 1.165) is 32.5 Å². The van der Waals surface area contributed by atoms with E-state index < -0.39 is 17.7 Å². The maximum Gasteiger partial charge on any atom is 0.301 e. The summed E-state index contributed by atoms with van der Waals surface area (Å²) in [6, 6.07) is 13.6. The minimum absolute atomic E-state index is 0.0146. The molecule has 36 heavy (non-hydrogen) atoms. The topological polar surface area (TPSA) is 70.5 Å². The van der Waals surface area contributed by atoms with Gasteiger partial charge in [-0.1, -0.05) is 64.4 Å². The molecular formula is C28H22Cl2N2O3S. The van der Waals surface area contributed by atoms with E-state index >= 15 is 0 Å². The van der Waals surface area contributed by atoms with Gasteiger partial charge in [-0.2, -0.15) is 0 Å². The monoisotopic (exact) mass is 536 g/mol. The van der Waals surface area contributed by atoms with E-state index in [1.54, 1.807) is 24.3 Å². The molecule has 1 aliphatic heterocycles. The van der Waals surface area contributed by atoms with Crippen LogP contribution < -0.4 is 4.90 Å². The van der Waals surface area contributed by atoms with Crippen molar-refractivity contribution in [2.45, 2.75) is 33.7 Å². The predicted molar refractivity (Wildman–Crippen MR) is 146 cm³/mol. The van der Waals surface area contributed by atoms with Crippen molar-refractivity contribution in [3.63, 3.8) is 0 Å². The smallest absolute Gasteiger partial charge is 0.301 e. The Morgan fingerprint density at radius 3 is 2.39 bits per heavy atom. The largest absolute Gasteiger partial charge is 0.507 e. The molecule has 3 aromatic carbocycles. The van der Waals surface area contributed by atoms with Gasteiger partial charge in [-0.3, -0.25) is 14.5 Å². The highest BCUT2D eigenvalue weighted by molar-refractivity contribution is 7.22. The summed E-state index contributed by atoms with van der Waals surface area (Å²) < 4.78 is 0.909. The van der Waals surface area contributed by atoms with Crippen LogP contribution in [0.3, 0.4) is 0 Å². The van der Waals surface area contributed by atoms with Crippen LogP contribution in [0.4, 0.5) is 5.13 Å². The van der Waals surface area contributed by atoms with Crippen LogP contribution in [-0.4, -0.2) is 21.8 Å². The Morgan fingerprint density at radius 1 is 0.917 bits per heavy atom. The summed E-state index contributed by atoms with van der Waals surface area (Å²) >= 11 is 13.8. The van der Waals surface area contributed by atoms with Crippen LogP contribution in [-0.2, 0) is 9.59 Å². The lowest BCUT2D eigenvalue weighted by Gasteiger charge is -2.23. The first-order valence-electron chi connectivity index (χ1n) is 11.3. The van der Waals surface area contributed by atoms with Crippen molar-refractivity contribution in [2.75, 3.05) is 4.90 Å². The minimum atomic E-state index is -0.929. The molecule has 1 fully saturated rings. The molecule has 1 amide bonds. The molecule has 1 atom stereocenters. The van der Waals surface area contributed by atoms with Crippen LogP contribution in [0.15, 0.2) is 54.1 Å². The Kier molecular flexibility index (Phi) is 6.15. The second-order valence-electron chi connectivity index (χ2n) is 9.09. The summed E-state index contributed by atoms with van der Waals surface area (Å²) in [5.41, 5.74) is 5.54. The van der Waals surface area contributed by atoms with Gasteiger partial charge >= 0.3 is 5.91 Å². The fraction of sp³-hybridized carbons (Fsp3) is 0.179. The fourth-order valence-corrected chi connectivity index (χ4v) is 6.10. The Bertz CT molecular complexity index is 1620. The molecule has 0 aliphatic carbocycles. The summed E-state index contributed by atoms with van der Waals surface area (Å²) in [5, 5.41) is 12.5. The van der Waals surface area contributed by atoms with Gasteiger partial charge in [-0.15, -0.1) is 0 Å². The number of anilines is 1. The lowest BCUT2D eigenvalue weighted by molar-refractivity contribution is -0.132. The van der Waals surface area contributed by atoms with E-state index in [-0.39, 0.29) is 16.4 Å². The highest BCUT2D eigenvalue weighted by Gasteiger charge is 2.48. The quantitative estimate of drug-likeness (QED) is 0.167. The lowest BCUT2D eigenvalue weighted by atomic mass is 9.93. The van der Waals surface area contributed by atoms with Gasteiger partial charge in [-0.05, 0) is 74.2 Å². The number of hydrogen-bond acceptors (Lipinski definition) is 5. The highest BCUT2D eigenvalue weighted by atomic mass is 35.5. The van der Waals surface area contributed by atoms with Gasteiger partial charge in [0.25, 0.3) is 5.78 Å². The van der Waals surface area contributed by atoms with Gasteiger partial charge < -0.3 is 5.11 Å². The van der Waals surface area contributed by atoms with Crippen molar-refractivity contribution < 1.29 is 14.7 Å². The zero-order chi connectivity index (χ0) is 25.9. The van der Waals surface area contributed by atoms with E-state index in [4.69, 9.17) is 28.2 Å². The normalized spacial score (nSPS) is 17.4. The maximum atomic E-state index is 13.5. The molecule has 5 nitrogen and oxygen atoms in total. The molecule has 1 saturated heterocycles. The number of aliphatic hydroxyl groups excluding tert-OH is 1. The summed E-state index contributed by atoms with van der Waals surface area (Å²) in [4.78, 5) is 33.1. The fourth-order valence-electron chi connectivity index (χ4n) is 4.63. The Morgan fingerprint density at radius 2 is 1.67 bits per heavy atom. The lowest BCUT2D eigenvalue weighted by Crippen LogP contribution is -2.29. The van der Waals surface area contributed by atoms with Crippen LogP contribution in [0.5, 0.6) is 0 Å². The van der Waals surface area contributed by atoms with Crippen molar-refractivity contribution in [3.05, 3.63) is 97.5 Å². The number of thiazole rings is 1. The Balaban J connectivity index is 1.79. The number of carbonyl (C=O) groups is 2. The third kappa shape index (κ3) is 3.99. The third-order valence-corrected chi connectivity index (χ3v) is 8.12. The van der Waals surface area contributed by atoms with Crippen molar-refractivity contribution in [1.82, 2.24) is 4.98 Å². The number of carbonyl (C=O) groups excluding carboxylic acids is 2. The highest BCUT2D eigenvalue weighted by Crippen LogP contribution is 2.45. The predicted octanol–water partition coefficient (Wildman–Crippen LogP) is 7.46. The standard InChI is InChI=1S/C28H22Cl2N2O3S/c1-13-5-6-15(3)18(10-13)25(33)22-24(17-7-8-19(29)20(30)12-17)32(27(35)26(22)34)28-31-23-16(4)9-14(2)11-21(23)36-28/h5-12,24,33H,1-4H3/b25-22+. The molecule has 1 N–H and O–H groups in total. The SMILES string of the molecule is Cc1ccc(C)c(/C(O)=C2\C(=O)C(=O)N(c3nc4c(C)cc(C)cc4s3)C2c2ccc(Cl)c(Cl)c2)c1. The molecule has 1 aliphatic rings. The van der Waals surface area contributed by atoms with Crippen LogP contribution in [0.2, 0.25) is 10.0 Å². The van der Waals surface area contributed by atoms with Crippen LogP contribution in [0.25, 0.3) is 16.0 Å². The van der Waals surface area contributed by atoms with E-state index in [2.05, 4.69) is 0 Å². The summed E-state index contributed by atoms with van der Waals surface area (Å²) in [5.74, 6) is -1.77. The summed E-state index contributed by atoms with van der Waals surface area (Å²) in [6.45, 7) is 7.70. The first-order valence-corrected chi connectivity index (χ1v) is 12.9. The number of aliphatic hydroxyl groups is 1. The average molecular weight is 537 g/mol. The van der Waals surface area contributed by atoms with Crippen LogP contribution in [0.1, 0.15) is 39.4 Å². The van der Waals surface area contributed by atoms with E-state index in [0.29, 0.717) is 21.3 Å².